The second kappa shape index (κ2) is 4.98. The van der Waals surface area contributed by atoms with Gasteiger partial charge in [0.25, 0.3) is 0 Å². The van der Waals surface area contributed by atoms with E-state index in [9.17, 15) is 0 Å². The predicted molar refractivity (Wildman–Crippen MR) is 66.7 cm³/mol. The molecule has 0 bridgehead atoms. The van der Waals surface area contributed by atoms with Crippen molar-refractivity contribution in [3.63, 3.8) is 0 Å². The largest absolute Gasteiger partial charge is 0.414 e. The Bertz CT molecular complexity index is 190. The second-order valence-electron chi connectivity index (χ2n) is 6.06. The highest BCUT2D eigenvalue weighted by Crippen LogP contribution is 2.36. The maximum absolute atomic E-state index is 6.15. The van der Waals surface area contributed by atoms with E-state index in [1.165, 1.54) is 19.3 Å². The number of ether oxygens (including phenoxy) is 1. The number of rotatable bonds is 3. The van der Waals surface area contributed by atoms with E-state index in [-0.39, 0.29) is 0 Å². The topological polar surface area (TPSA) is 18.5 Å². The first kappa shape index (κ1) is 13.2. The normalized spacial score (nSPS) is 24.2. The van der Waals surface area contributed by atoms with Gasteiger partial charge in [0, 0.05) is 6.61 Å². The van der Waals surface area contributed by atoms with E-state index in [4.69, 9.17) is 9.16 Å². The summed E-state index contributed by atoms with van der Waals surface area (Å²) in [4.78, 5) is 0. The molecule has 0 aromatic heterocycles. The molecule has 3 heteroatoms. The van der Waals surface area contributed by atoms with Crippen molar-refractivity contribution >= 4 is 8.32 Å². The van der Waals surface area contributed by atoms with Gasteiger partial charge in [-0.15, -0.1) is 0 Å². The molecule has 1 aliphatic rings. The smallest absolute Gasteiger partial charge is 0.192 e. The van der Waals surface area contributed by atoms with E-state index in [1.54, 1.807) is 0 Å². The van der Waals surface area contributed by atoms with Crippen LogP contribution in [0.5, 0.6) is 0 Å². The molecule has 1 atom stereocenters. The molecular formula is C12H26O2Si. The van der Waals surface area contributed by atoms with Crippen LogP contribution in [0.2, 0.25) is 18.1 Å². The summed E-state index contributed by atoms with van der Waals surface area (Å²) in [5.74, 6) is 0. The maximum Gasteiger partial charge on any atom is 0.192 e. The number of hydrogen-bond donors (Lipinski definition) is 0. The SMILES string of the molecule is CC(C)(C)[Si](C)(C)OCC1CCCCO1. The fourth-order valence-corrected chi connectivity index (χ4v) is 2.49. The first-order valence-electron chi connectivity index (χ1n) is 6.08. The highest BCUT2D eigenvalue weighted by atomic mass is 28.4. The Kier molecular flexibility index (Phi) is 4.38. The van der Waals surface area contributed by atoms with Gasteiger partial charge in [-0.2, -0.15) is 0 Å². The Labute approximate surface area is 95.5 Å². The molecule has 15 heavy (non-hydrogen) atoms. The number of hydrogen-bond acceptors (Lipinski definition) is 2. The first-order valence-corrected chi connectivity index (χ1v) is 8.99. The molecule has 0 saturated carbocycles. The van der Waals surface area contributed by atoms with E-state index in [1.807, 2.05) is 0 Å². The summed E-state index contributed by atoms with van der Waals surface area (Å²) in [5, 5.41) is 0.307. The maximum atomic E-state index is 6.15. The van der Waals surface area contributed by atoms with Crippen molar-refractivity contribution in [2.75, 3.05) is 13.2 Å². The molecule has 0 radical (unpaired) electrons. The van der Waals surface area contributed by atoms with Gasteiger partial charge in [0.1, 0.15) is 0 Å². The van der Waals surface area contributed by atoms with Crippen LogP contribution in [0, 0.1) is 0 Å². The van der Waals surface area contributed by atoms with E-state index in [0.717, 1.165) is 13.2 Å². The third-order valence-corrected chi connectivity index (χ3v) is 8.21. The van der Waals surface area contributed by atoms with Gasteiger partial charge >= 0.3 is 0 Å². The summed E-state index contributed by atoms with van der Waals surface area (Å²) < 4.78 is 11.8. The monoisotopic (exact) mass is 230 g/mol. The first-order chi connectivity index (χ1) is 6.83. The lowest BCUT2D eigenvalue weighted by atomic mass is 10.1. The van der Waals surface area contributed by atoms with Crippen LogP contribution in [0.25, 0.3) is 0 Å². The lowest BCUT2D eigenvalue weighted by Crippen LogP contribution is -2.43. The molecule has 1 fully saturated rings. The minimum absolute atomic E-state index is 0.307. The third-order valence-electron chi connectivity index (χ3n) is 3.71. The van der Waals surface area contributed by atoms with Crippen molar-refractivity contribution in [2.24, 2.45) is 0 Å². The molecular weight excluding hydrogens is 204 g/mol. The lowest BCUT2D eigenvalue weighted by molar-refractivity contribution is -0.0140. The van der Waals surface area contributed by atoms with Crippen LogP contribution < -0.4 is 0 Å². The summed E-state index contributed by atoms with van der Waals surface area (Å²) in [5.41, 5.74) is 0. The molecule has 1 unspecified atom stereocenters. The minimum Gasteiger partial charge on any atom is -0.414 e. The standard InChI is InChI=1S/C12H26O2Si/c1-12(2,3)15(4,5)14-10-11-8-6-7-9-13-11/h11H,6-10H2,1-5H3. The van der Waals surface area contributed by atoms with Crippen molar-refractivity contribution in [1.82, 2.24) is 0 Å². The van der Waals surface area contributed by atoms with Crippen molar-refractivity contribution in [1.29, 1.82) is 0 Å². The van der Waals surface area contributed by atoms with Gasteiger partial charge in [0.15, 0.2) is 8.32 Å². The molecule has 0 amide bonds. The van der Waals surface area contributed by atoms with E-state index >= 15 is 0 Å². The molecule has 0 aromatic rings. The fraction of sp³-hybridized carbons (Fsp3) is 1.00. The van der Waals surface area contributed by atoms with Gasteiger partial charge in [-0.25, -0.2) is 0 Å². The van der Waals surface area contributed by atoms with E-state index < -0.39 is 8.32 Å². The van der Waals surface area contributed by atoms with Gasteiger partial charge in [-0.05, 0) is 37.4 Å². The van der Waals surface area contributed by atoms with Crippen LogP contribution in [0.1, 0.15) is 40.0 Å². The van der Waals surface area contributed by atoms with Gasteiger partial charge in [-0.3, -0.25) is 0 Å². The fourth-order valence-electron chi connectivity index (χ4n) is 1.46. The van der Waals surface area contributed by atoms with Crippen molar-refractivity contribution in [2.45, 2.75) is 64.3 Å². The summed E-state index contributed by atoms with van der Waals surface area (Å²) in [6, 6.07) is 0. The highest BCUT2D eigenvalue weighted by Gasteiger charge is 2.37. The Morgan fingerprint density at radius 1 is 1.27 bits per heavy atom. The zero-order valence-electron chi connectivity index (χ0n) is 10.9. The Morgan fingerprint density at radius 2 is 1.93 bits per heavy atom. The van der Waals surface area contributed by atoms with Crippen LogP contribution in [-0.4, -0.2) is 27.6 Å². The quantitative estimate of drug-likeness (QED) is 0.690. The molecule has 0 aliphatic carbocycles. The molecule has 1 aliphatic heterocycles. The van der Waals surface area contributed by atoms with Crippen LogP contribution in [0.3, 0.4) is 0 Å². The van der Waals surface area contributed by atoms with Gasteiger partial charge in [0.2, 0.25) is 0 Å². The van der Waals surface area contributed by atoms with Crippen LogP contribution >= 0.6 is 0 Å². The Balaban J connectivity index is 2.35. The molecule has 1 saturated heterocycles. The van der Waals surface area contributed by atoms with Gasteiger partial charge in [-0.1, -0.05) is 20.8 Å². The van der Waals surface area contributed by atoms with Gasteiger partial charge < -0.3 is 9.16 Å². The third kappa shape index (κ3) is 3.89. The van der Waals surface area contributed by atoms with Crippen molar-refractivity contribution in [3.05, 3.63) is 0 Å². The Morgan fingerprint density at radius 3 is 2.40 bits per heavy atom. The molecule has 0 spiro atoms. The highest BCUT2D eigenvalue weighted by molar-refractivity contribution is 6.74. The molecule has 90 valence electrons. The zero-order chi connectivity index (χ0) is 11.5. The van der Waals surface area contributed by atoms with Crippen LogP contribution in [0.15, 0.2) is 0 Å². The summed E-state index contributed by atoms with van der Waals surface area (Å²) in [7, 11) is -1.57. The minimum atomic E-state index is -1.57. The second-order valence-corrected chi connectivity index (χ2v) is 10.9. The summed E-state index contributed by atoms with van der Waals surface area (Å²) >= 11 is 0. The zero-order valence-corrected chi connectivity index (χ0v) is 11.9. The van der Waals surface area contributed by atoms with E-state index in [0.29, 0.717) is 11.1 Å². The van der Waals surface area contributed by atoms with Crippen LogP contribution in [-0.2, 0) is 9.16 Å². The molecule has 2 nitrogen and oxygen atoms in total. The molecule has 1 heterocycles. The lowest BCUT2D eigenvalue weighted by Gasteiger charge is -2.37. The van der Waals surface area contributed by atoms with Gasteiger partial charge in [0.05, 0.1) is 12.7 Å². The molecule has 1 rings (SSSR count). The van der Waals surface area contributed by atoms with Crippen molar-refractivity contribution < 1.29 is 9.16 Å². The van der Waals surface area contributed by atoms with Crippen LogP contribution in [0.4, 0.5) is 0 Å². The summed E-state index contributed by atoms with van der Waals surface area (Å²) in [6.45, 7) is 13.2. The Hall–Kier alpha value is 0.137. The molecule has 0 aromatic carbocycles. The summed E-state index contributed by atoms with van der Waals surface area (Å²) in [6.07, 6.45) is 4.05. The van der Waals surface area contributed by atoms with Crippen molar-refractivity contribution in [3.8, 4) is 0 Å². The average molecular weight is 230 g/mol. The average Bonchev–Trinajstić information content (AvgIpc) is 2.15. The van der Waals surface area contributed by atoms with E-state index in [2.05, 4.69) is 33.9 Å². The molecule has 0 N–H and O–H groups in total. The predicted octanol–water partition coefficient (Wildman–Crippen LogP) is 3.58.